The smallest absolute Gasteiger partial charge is 0.341 e. The molecule has 178 valence electrons. The Morgan fingerprint density at radius 3 is 2.22 bits per heavy atom. The fourth-order valence-electron chi connectivity index (χ4n) is 3.52. The van der Waals surface area contributed by atoms with Crippen LogP contribution in [-0.4, -0.2) is 51.0 Å². The van der Waals surface area contributed by atoms with Crippen molar-refractivity contribution in [3.8, 4) is 0 Å². The molecule has 1 aromatic rings. The lowest BCUT2D eigenvalue weighted by Gasteiger charge is -2.39. The Morgan fingerprint density at radius 1 is 1.22 bits per heavy atom. The molecular weight excluding hydrogens is 462 g/mol. The number of halogens is 1. The zero-order chi connectivity index (χ0) is 23.3. The minimum atomic E-state index is -1.89. The van der Waals surface area contributed by atoms with Crippen LogP contribution in [0.2, 0.25) is 0 Å². The third kappa shape index (κ3) is 5.70. The molecule has 0 radical (unpaired) electrons. The van der Waals surface area contributed by atoms with Gasteiger partial charge in [-0.1, -0.05) is 38.1 Å². The fourth-order valence-corrected chi connectivity index (χ4v) is 4.01. The van der Waals surface area contributed by atoms with E-state index >= 15 is 0 Å². The van der Waals surface area contributed by atoms with Gasteiger partial charge in [0.05, 0.1) is 6.04 Å². The third-order valence-electron chi connectivity index (χ3n) is 5.12. The maximum atomic E-state index is 13.2. The van der Waals surface area contributed by atoms with Gasteiger partial charge >= 0.3 is 5.97 Å². The first kappa shape index (κ1) is 27.7. The Labute approximate surface area is 197 Å². The number of amides is 1. The third-order valence-corrected chi connectivity index (χ3v) is 5.76. The molecule has 0 aliphatic carbocycles. The van der Waals surface area contributed by atoms with Crippen LogP contribution in [0.25, 0.3) is 0 Å². The van der Waals surface area contributed by atoms with Gasteiger partial charge in [0.2, 0.25) is 11.4 Å². The number of benzene rings is 1. The van der Waals surface area contributed by atoms with Gasteiger partial charge < -0.3 is 20.2 Å². The highest BCUT2D eigenvalue weighted by Crippen LogP contribution is 2.37. The van der Waals surface area contributed by atoms with Gasteiger partial charge in [-0.05, 0) is 24.5 Å². The van der Waals surface area contributed by atoms with E-state index in [-0.39, 0.29) is 38.1 Å². The van der Waals surface area contributed by atoms with Crippen molar-refractivity contribution in [3.63, 3.8) is 0 Å². The summed E-state index contributed by atoms with van der Waals surface area (Å²) in [6.07, 6.45) is 0.347. The summed E-state index contributed by atoms with van der Waals surface area (Å²) in [5.74, 6) is -2.27. The number of esters is 1. The number of Topliss-reactive ketones (excluding diaryl/α,β-unsaturated/α-hetero) is 1. The van der Waals surface area contributed by atoms with Gasteiger partial charge in [-0.25, -0.2) is 4.79 Å². The van der Waals surface area contributed by atoms with Gasteiger partial charge in [-0.3, -0.25) is 9.59 Å². The summed E-state index contributed by atoms with van der Waals surface area (Å²) >= 11 is 4.46. The van der Waals surface area contributed by atoms with Crippen molar-refractivity contribution in [2.24, 2.45) is 11.7 Å². The quantitative estimate of drug-likeness (QED) is 0.175. The van der Waals surface area contributed by atoms with E-state index in [1.807, 2.05) is 0 Å². The van der Waals surface area contributed by atoms with E-state index in [1.165, 1.54) is 11.8 Å². The first-order chi connectivity index (χ1) is 14.5. The molecule has 32 heavy (non-hydrogen) atoms. The Balaban J connectivity index is 0.00000512. The van der Waals surface area contributed by atoms with Crippen LogP contribution in [0, 0.1) is 16.0 Å². The summed E-state index contributed by atoms with van der Waals surface area (Å²) in [4.78, 5) is 55.0. The van der Waals surface area contributed by atoms with Gasteiger partial charge in [0, 0.05) is 17.7 Å². The number of ether oxygens (including phenoxy) is 1. The van der Waals surface area contributed by atoms with Crippen molar-refractivity contribution < 1.29 is 29.0 Å². The maximum absolute atomic E-state index is 13.2. The van der Waals surface area contributed by atoms with Gasteiger partial charge in [0.25, 0.3) is 5.09 Å². The Bertz CT molecular complexity index is 850. The molecule has 10 nitrogen and oxygen atoms in total. The van der Waals surface area contributed by atoms with E-state index < -0.39 is 39.6 Å². The van der Waals surface area contributed by atoms with E-state index in [9.17, 15) is 24.5 Å². The van der Waals surface area contributed by atoms with Gasteiger partial charge in [-0.15, -0.1) is 22.5 Å². The van der Waals surface area contributed by atoms with Crippen LogP contribution >= 0.6 is 25.0 Å². The van der Waals surface area contributed by atoms with Crippen molar-refractivity contribution >= 4 is 42.7 Å². The molecule has 1 unspecified atom stereocenters. The Hall–Kier alpha value is -2.37. The number of hydrogen-bond donors (Lipinski definition) is 2. The lowest BCUT2D eigenvalue weighted by atomic mass is 9.86. The highest BCUT2D eigenvalue weighted by Gasteiger charge is 2.62. The number of thiol groups is 1. The molecule has 2 rings (SSSR count). The Morgan fingerprint density at radius 2 is 1.75 bits per heavy atom. The molecule has 0 spiro atoms. The van der Waals surface area contributed by atoms with Crippen molar-refractivity contribution in [3.05, 3.63) is 45.5 Å². The lowest BCUT2D eigenvalue weighted by Crippen LogP contribution is -2.66. The zero-order valence-corrected chi connectivity index (χ0v) is 19.8. The molecular formula is C20H28ClN3O7S. The highest BCUT2D eigenvalue weighted by molar-refractivity contribution is 7.81. The lowest BCUT2D eigenvalue weighted by molar-refractivity contribution is -0.763. The predicted octanol–water partition coefficient (Wildman–Crippen LogP) is 1.70. The standard InChI is InChI=1S/C20H27N3O7S.ClH/c1-12(2)18(25)22-9-8-16(31)20(22,17(24)13(3)21)19(26)29-10-14-4-6-15(7-5-14)11-30-23(27)28;/h4-7,12-13,16,31H,8-11,21H2,1-3H3;1H/t13-,16?,20-;/m0./s1. The fraction of sp³-hybridized carbons (Fsp3) is 0.550. The summed E-state index contributed by atoms with van der Waals surface area (Å²) in [5, 5.41) is 8.64. The molecule has 0 bridgehead atoms. The van der Waals surface area contributed by atoms with Gasteiger partial charge in [0.1, 0.15) is 13.2 Å². The number of carbonyl (C=O) groups excluding carboxylic acids is 3. The average Bonchev–Trinajstić information content (AvgIpc) is 3.07. The summed E-state index contributed by atoms with van der Waals surface area (Å²) in [6, 6.07) is 5.44. The van der Waals surface area contributed by atoms with Crippen molar-refractivity contribution in [2.75, 3.05) is 6.54 Å². The second-order valence-corrected chi connectivity index (χ2v) is 8.38. The molecule has 1 aliphatic heterocycles. The second-order valence-electron chi connectivity index (χ2n) is 7.76. The zero-order valence-electron chi connectivity index (χ0n) is 18.1. The highest BCUT2D eigenvalue weighted by atomic mass is 35.5. The number of carbonyl (C=O) groups is 3. The van der Waals surface area contributed by atoms with E-state index in [1.54, 1.807) is 38.1 Å². The number of hydrogen-bond acceptors (Lipinski definition) is 9. The first-order valence-electron chi connectivity index (χ1n) is 9.83. The average molecular weight is 490 g/mol. The van der Waals surface area contributed by atoms with Gasteiger partial charge in [0.15, 0.2) is 5.78 Å². The first-order valence-corrected chi connectivity index (χ1v) is 10.3. The van der Waals surface area contributed by atoms with E-state index in [4.69, 9.17) is 10.5 Å². The molecule has 0 aromatic heterocycles. The summed E-state index contributed by atoms with van der Waals surface area (Å²) in [7, 11) is 0. The number of nitrogens with two attached hydrogens (primary N) is 1. The van der Waals surface area contributed by atoms with E-state index in [2.05, 4.69) is 17.5 Å². The van der Waals surface area contributed by atoms with Crippen LogP contribution in [0.1, 0.15) is 38.3 Å². The monoisotopic (exact) mass is 489 g/mol. The van der Waals surface area contributed by atoms with Gasteiger partial charge in [-0.2, -0.15) is 12.6 Å². The van der Waals surface area contributed by atoms with Crippen LogP contribution in [0.3, 0.4) is 0 Å². The van der Waals surface area contributed by atoms with Crippen molar-refractivity contribution in [1.29, 1.82) is 0 Å². The largest absolute Gasteiger partial charge is 0.459 e. The molecule has 0 saturated carbocycles. The molecule has 1 amide bonds. The summed E-state index contributed by atoms with van der Waals surface area (Å²) in [6.45, 7) is 4.67. The topological polar surface area (TPSA) is 142 Å². The van der Waals surface area contributed by atoms with Crippen LogP contribution in [0.5, 0.6) is 0 Å². The molecule has 1 saturated heterocycles. The van der Waals surface area contributed by atoms with Crippen LogP contribution in [0.4, 0.5) is 0 Å². The van der Waals surface area contributed by atoms with Crippen molar-refractivity contribution in [1.82, 2.24) is 4.90 Å². The molecule has 2 N–H and O–H groups in total. The SMILES string of the molecule is CC(C)C(=O)N1CCC(S)[C@@]1(C(=O)OCc1ccc(CO[N+](=O)[O-])cc1)C(=O)[C@H](C)N.Cl. The minimum absolute atomic E-state index is 0. The number of ketones is 1. The van der Waals surface area contributed by atoms with Crippen LogP contribution in [-0.2, 0) is 37.2 Å². The molecule has 12 heteroatoms. The number of rotatable bonds is 9. The molecule has 1 heterocycles. The maximum Gasteiger partial charge on any atom is 0.341 e. The molecule has 3 atom stereocenters. The van der Waals surface area contributed by atoms with Crippen LogP contribution in [0.15, 0.2) is 24.3 Å². The van der Waals surface area contributed by atoms with E-state index in [0.717, 1.165) is 0 Å². The summed E-state index contributed by atoms with van der Waals surface area (Å²) < 4.78 is 5.46. The Kier molecular flexibility index (Phi) is 9.93. The van der Waals surface area contributed by atoms with Crippen LogP contribution < -0.4 is 5.73 Å². The minimum Gasteiger partial charge on any atom is -0.459 e. The summed E-state index contributed by atoms with van der Waals surface area (Å²) in [5.41, 5.74) is 5.09. The number of nitrogens with zero attached hydrogens (tertiary/aromatic N) is 2. The molecule has 1 aliphatic rings. The molecule has 1 fully saturated rings. The second kappa shape index (κ2) is 11.5. The predicted molar refractivity (Wildman–Crippen MR) is 121 cm³/mol. The normalized spacial score (nSPS) is 20.9. The van der Waals surface area contributed by atoms with Crippen molar-refractivity contribution in [2.45, 2.75) is 57.2 Å². The molecule has 1 aromatic carbocycles. The van der Waals surface area contributed by atoms with E-state index in [0.29, 0.717) is 17.5 Å². The number of likely N-dealkylation sites (tertiary alicyclic amines) is 1.